The van der Waals surface area contributed by atoms with Gasteiger partial charge in [0.15, 0.2) is 0 Å². The number of carboxylic acids is 1. The molecule has 0 spiro atoms. The number of hydrogen-bond donors (Lipinski definition) is 2. The number of nitrogens with one attached hydrogen (secondary N) is 1. The fourth-order valence-corrected chi connectivity index (χ4v) is 1.93. The number of carbonyl (C=O) groups excluding carboxylic acids is 1. The number of anilines is 1. The van der Waals surface area contributed by atoms with Crippen molar-refractivity contribution >= 4 is 29.3 Å². The molecular weight excluding hydrogens is 266 g/mol. The van der Waals surface area contributed by atoms with Gasteiger partial charge in [0.25, 0.3) is 0 Å². The monoisotopic (exact) mass is 283 g/mol. The summed E-state index contributed by atoms with van der Waals surface area (Å²) in [5, 5.41) is 11.6. The Balaban J connectivity index is 2.59. The van der Waals surface area contributed by atoms with Crippen molar-refractivity contribution in [1.29, 1.82) is 0 Å². The van der Waals surface area contributed by atoms with E-state index in [1.54, 1.807) is 38.1 Å². The van der Waals surface area contributed by atoms with E-state index in [9.17, 15) is 9.59 Å². The van der Waals surface area contributed by atoms with E-state index >= 15 is 0 Å². The zero-order valence-corrected chi connectivity index (χ0v) is 11.9. The lowest BCUT2D eigenvalue weighted by atomic mass is 10.2. The number of ether oxygens (including phenoxy) is 1. The van der Waals surface area contributed by atoms with Crippen molar-refractivity contribution in [2.45, 2.75) is 18.6 Å². The molecule has 1 rings (SSSR count). The average molecular weight is 283 g/mol. The molecule has 6 heteroatoms. The number of rotatable bonds is 6. The number of aliphatic carboxylic acids is 1. The summed E-state index contributed by atoms with van der Waals surface area (Å²) < 4.78 is 4.13. The van der Waals surface area contributed by atoms with Gasteiger partial charge in [0.05, 0.1) is 18.6 Å². The Morgan fingerprint density at radius 3 is 2.58 bits per heavy atom. The molecule has 1 aromatic carbocycles. The van der Waals surface area contributed by atoms with Crippen molar-refractivity contribution in [3.63, 3.8) is 0 Å². The van der Waals surface area contributed by atoms with Crippen LogP contribution in [0.15, 0.2) is 24.3 Å². The van der Waals surface area contributed by atoms with Gasteiger partial charge >= 0.3 is 5.97 Å². The highest BCUT2D eigenvalue weighted by Gasteiger charge is 2.28. The Morgan fingerprint density at radius 1 is 1.37 bits per heavy atom. The van der Waals surface area contributed by atoms with Gasteiger partial charge in [-0.3, -0.25) is 9.59 Å². The molecule has 2 N–H and O–H groups in total. The van der Waals surface area contributed by atoms with E-state index in [0.29, 0.717) is 11.4 Å². The van der Waals surface area contributed by atoms with Crippen LogP contribution in [0, 0.1) is 0 Å². The van der Waals surface area contributed by atoms with Crippen LogP contribution in [0.4, 0.5) is 5.69 Å². The second kappa shape index (κ2) is 6.47. The number of methoxy groups -OCH3 is 1. The summed E-state index contributed by atoms with van der Waals surface area (Å²) >= 11 is 1.08. The van der Waals surface area contributed by atoms with Crippen molar-refractivity contribution in [3.8, 4) is 5.75 Å². The predicted octanol–water partition coefficient (Wildman–Crippen LogP) is 2.23. The molecule has 0 fully saturated rings. The highest BCUT2D eigenvalue weighted by molar-refractivity contribution is 8.02. The van der Waals surface area contributed by atoms with E-state index in [1.165, 1.54) is 7.11 Å². The standard InChI is InChI=1S/C13H17NO4S/c1-13(2,12(16)17)19-8-11(15)14-9-6-4-5-7-10(9)18-3/h4-7H,8H2,1-3H3,(H,14,15)(H,16,17). The fourth-order valence-electron chi connectivity index (χ4n) is 1.24. The zero-order valence-electron chi connectivity index (χ0n) is 11.1. The second-order valence-electron chi connectivity index (χ2n) is 4.35. The smallest absolute Gasteiger partial charge is 0.319 e. The van der Waals surface area contributed by atoms with E-state index in [4.69, 9.17) is 9.84 Å². The fraction of sp³-hybridized carbons (Fsp3) is 0.385. The maximum Gasteiger partial charge on any atom is 0.319 e. The van der Waals surface area contributed by atoms with Crippen molar-refractivity contribution < 1.29 is 19.4 Å². The number of benzene rings is 1. The van der Waals surface area contributed by atoms with E-state index in [0.717, 1.165) is 11.8 Å². The SMILES string of the molecule is COc1ccccc1NC(=O)CSC(C)(C)C(=O)O. The molecule has 0 radical (unpaired) electrons. The van der Waals surface area contributed by atoms with Crippen LogP contribution in [0.5, 0.6) is 5.75 Å². The van der Waals surface area contributed by atoms with Crippen molar-refractivity contribution in [3.05, 3.63) is 24.3 Å². The molecule has 0 heterocycles. The van der Waals surface area contributed by atoms with Crippen LogP contribution in [-0.4, -0.2) is 34.6 Å². The third-order valence-electron chi connectivity index (χ3n) is 2.46. The summed E-state index contributed by atoms with van der Waals surface area (Å²) in [5.74, 6) is -0.568. The lowest BCUT2D eigenvalue weighted by Crippen LogP contribution is -2.29. The average Bonchev–Trinajstić information content (AvgIpc) is 2.37. The molecule has 0 aliphatic rings. The molecule has 5 nitrogen and oxygen atoms in total. The number of carboxylic acid groups (broad SMARTS) is 1. The molecule has 0 saturated carbocycles. The third-order valence-corrected chi connectivity index (χ3v) is 3.76. The van der Waals surface area contributed by atoms with E-state index in [2.05, 4.69) is 5.32 Å². The molecule has 0 aromatic heterocycles. The lowest BCUT2D eigenvalue weighted by Gasteiger charge is -2.18. The quantitative estimate of drug-likeness (QED) is 0.837. The Morgan fingerprint density at radius 2 is 2.00 bits per heavy atom. The minimum absolute atomic E-state index is 0.0668. The number of thioether (sulfide) groups is 1. The molecule has 1 aromatic rings. The maximum absolute atomic E-state index is 11.8. The first-order valence-corrected chi connectivity index (χ1v) is 6.65. The minimum atomic E-state index is -0.988. The molecule has 0 unspecified atom stereocenters. The first kappa shape index (κ1) is 15.4. The van der Waals surface area contributed by atoms with Crippen molar-refractivity contribution in [1.82, 2.24) is 0 Å². The molecule has 0 aliphatic heterocycles. The summed E-state index contributed by atoms with van der Waals surface area (Å²) in [6.45, 7) is 3.13. The molecule has 0 atom stereocenters. The Bertz CT molecular complexity index is 473. The molecule has 0 bridgehead atoms. The number of hydrogen-bond acceptors (Lipinski definition) is 4. The van der Waals surface area contributed by atoms with Gasteiger partial charge < -0.3 is 15.2 Å². The zero-order chi connectivity index (χ0) is 14.5. The van der Waals surface area contributed by atoms with E-state index in [1.807, 2.05) is 0 Å². The summed E-state index contributed by atoms with van der Waals surface area (Å²) in [4.78, 5) is 22.7. The van der Waals surface area contributed by atoms with Crippen molar-refractivity contribution in [2.75, 3.05) is 18.2 Å². The van der Waals surface area contributed by atoms with Crippen LogP contribution in [0.1, 0.15) is 13.8 Å². The summed E-state index contributed by atoms with van der Waals surface area (Å²) in [6, 6.07) is 7.05. The number of amides is 1. The van der Waals surface area contributed by atoms with Crippen LogP contribution >= 0.6 is 11.8 Å². The van der Waals surface area contributed by atoms with Gasteiger partial charge in [-0.25, -0.2) is 0 Å². The third kappa shape index (κ3) is 4.48. The van der Waals surface area contributed by atoms with E-state index < -0.39 is 10.7 Å². The first-order valence-electron chi connectivity index (χ1n) is 5.67. The second-order valence-corrected chi connectivity index (χ2v) is 5.95. The minimum Gasteiger partial charge on any atom is -0.495 e. The number of para-hydroxylation sites is 2. The summed E-state index contributed by atoms with van der Waals surface area (Å²) in [6.07, 6.45) is 0. The molecule has 1 amide bonds. The summed E-state index contributed by atoms with van der Waals surface area (Å²) in [7, 11) is 1.52. The van der Waals surface area contributed by atoms with Crippen LogP contribution in [-0.2, 0) is 9.59 Å². The van der Waals surface area contributed by atoms with Crippen molar-refractivity contribution in [2.24, 2.45) is 0 Å². The highest BCUT2D eigenvalue weighted by Crippen LogP contribution is 2.26. The van der Waals surface area contributed by atoms with Gasteiger partial charge in [-0.1, -0.05) is 12.1 Å². The molecular formula is C13H17NO4S. The molecule has 19 heavy (non-hydrogen) atoms. The van der Waals surface area contributed by atoms with Crippen LogP contribution < -0.4 is 10.1 Å². The normalized spacial score (nSPS) is 10.9. The largest absolute Gasteiger partial charge is 0.495 e. The molecule has 104 valence electrons. The maximum atomic E-state index is 11.8. The Kier molecular flexibility index (Phi) is 5.23. The van der Waals surface area contributed by atoms with Gasteiger partial charge in [-0.05, 0) is 26.0 Å². The van der Waals surface area contributed by atoms with E-state index in [-0.39, 0.29) is 11.7 Å². The van der Waals surface area contributed by atoms with Crippen LogP contribution in [0.3, 0.4) is 0 Å². The van der Waals surface area contributed by atoms with Gasteiger partial charge in [0, 0.05) is 0 Å². The van der Waals surface area contributed by atoms with Gasteiger partial charge in [-0.15, -0.1) is 11.8 Å². The van der Waals surface area contributed by atoms with Gasteiger partial charge in [-0.2, -0.15) is 0 Å². The van der Waals surface area contributed by atoms with Crippen LogP contribution in [0.2, 0.25) is 0 Å². The van der Waals surface area contributed by atoms with Gasteiger partial charge in [0.1, 0.15) is 10.5 Å². The molecule has 0 saturated heterocycles. The highest BCUT2D eigenvalue weighted by atomic mass is 32.2. The van der Waals surface area contributed by atoms with Crippen LogP contribution in [0.25, 0.3) is 0 Å². The number of carbonyl (C=O) groups is 2. The topological polar surface area (TPSA) is 75.6 Å². The predicted molar refractivity (Wildman–Crippen MR) is 75.8 cm³/mol. The first-order chi connectivity index (χ1) is 8.86. The lowest BCUT2D eigenvalue weighted by molar-refractivity contribution is -0.138. The molecule has 0 aliphatic carbocycles. The van der Waals surface area contributed by atoms with Gasteiger partial charge in [0.2, 0.25) is 5.91 Å². The summed E-state index contributed by atoms with van der Waals surface area (Å²) in [5.41, 5.74) is 0.573. The Hall–Kier alpha value is -1.69. The Labute approximate surface area is 116 Å².